The molecule has 1 aliphatic rings. The third kappa shape index (κ3) is 2.55. The zero-order valence-electron chi connectivity index (χ0n) is 10.1. The molecule has 1 aromatic rings. The van der Waals surface area contributed by atoms with Crippen molar-refractivity contribution in [3.63, 3.8) is 0 Å². The van der Waals surface area contributed by atoms with Crippen molar-refractivity contribution in [1.82, 2.24) is 0 Å². The SMILES string of the molecule is FC1=C(C(F)(F)F)C(C(F)(F)F)c2ccc(Cl)cc2C1(F)F. The van der Waals surface area contributed by atoms with Crippen LogP contribution in [0.1, 0.15) is 17.0 Å². The van der Waals surface area contributed by atoms with Gasteiger partial charge in [0.05, 0.1) is 5.57 Å². The molecule has 122 valence electrons. The number of hydrogen-bond donors (Lipinski definition) is 0. The third-order valence-corrected chi connectivity index (χ3v) is 3.33. The highest BCUT2D eigenvalue weighted by Gasteiger charge is 2.62. The van der Waals surface area contributed by atoms with Gasteiger partial charge in [-0.1, -0.05) is 17.7 Å². The van der Waals surface area contributed by atoms with E-state index in [1.807, 2.05) is 0 Å². The smallest absolute Gasteiger partial charge is 0.204 e. The van der Waals surface area contributed by atoms with Crippen LogP contribution in [-0.2, 0) is 5.92 Å². The summed E-state index contributed by atoms with van der Waals surface area (Å²) in [7, 11) is 0. The first-order valence-corrected chi connectivity index (χ1v) is 5.87. The molecule has 2 rings (SSSR count). The Hall–Kier alpha value is -1.38. The van der Waals surface area contributed by atoms with E-state index in [4.69, 9.17) is 11.6 Å². The Bertz CT molecular complexity index is 639. The minimum Gasteiger partial charge on any atom is -0.204 e. The summed E-state index contributed by atoms with van der Waals surface area (Å²) in [4.78, 5) is 0. The third-order valence-electron chi connectivity index (χ3n) is 3.10. The first-order chi connectivity index (χ1) is 9.78. The van der Waals surface area contributed by atoms with E-state index in [1.54, 1.807) is 0 Å². The molecule has 1 aromatic carbocycles. The summed E-state index contributed by atoms with van der Waals surface area (Å²) >= 11 is 5.36. The van der Waals surface area contributed by atoms with Crippen molar-refractivity contribution in [2.75, 3.05) is 0 Å². The number of halogens is 10. The summed E-state index contributed by atoms with van der Waals surface area (Å²) in [6.07, 6.45) is -11.5. The second-order valence-corrected chi connectivity index (χ2v) is 4.94. The highest BCUT2D eigenvalue weighted by atomic mass is 35.5. The highest BCUT2D eigenvalue weighted by Crippen LogP contribution is 2.58. The van der Waals surface area contributed by atoms with Crippen LogP contribution in [-0.4, -0.2) is 12.4 Å². The molecule has 0 fully saturated rings. The Labute approximate surface area is 122 Å². The van der Waals surface area contributed by atoms with Crippen LogP contribution < -0.4 is 0 Å². The fraction of sp³-hybridized carbons (Fsp3) is 0.333. The van der Waals surface area contributed by atoms with Crippen molar-refractivity contribution in [2.24, 2.45) is 0 Å². The summed E-state index contributed by atoms with van der Waals surface area (Å²) in [5, 5.41) is -0.456. The molecule has 1 unspecified atom stereocenters. The van der Waals surface area contributed by atoms with E-state index in [0.717, 1.165) is 6.07 Å². The number of benzene rings is 1. The maximum absolute atomic E-state index is 13.8. The lowest BCUT2D eigenvalue weighted by Crippen LogP contribution is -2.38. The maximum Gasteiger partial charge on any atom is 0.416 e. The van der Waals surface area contributed by atoms with Crippen LogP contribution in [0, 0.1) is 0 Å². The number of allylic oxidation sites excluding steroid dienone is 2. The van der Waals surface area contributed by atoms with Crippen LogP contribution in [0.15, 0.2) is 29.6 Å². The standard InChI is InChI=1S/C12H4ClF9/c13-4-1-2-5-6(3-4)10(15,16)9(14)8(12(20,21)22)7(5)11(17,18)19/h1-3,7H. The molecule has 1 aliphatic carbocycles. The highest BCUT2D eigenvalue weighted by molar-refractivity contribution is 6.30. The Morgan fingerprint density at radius 3 is 2.00 bits per heavy atom. The van der Waals surface area contributed by atoms with Crippen molar-refractivity contribution in [3.8, 4) is 0 Å². The lowest BCUT2D eigenvalue weighted by molar-refractivity contribution is -0.171. The minimum absolute atomic E-state index is 0.322. The first kappa shape index (κ1) is 17.0. The topological polar surface area (TPSA) is 0 Å². The Balaban J connectivity index is 2.88. The number of alkyl halides is 8. The molecular formula is C12H4ClF9. The van der Waals surface area contributed by atoms with Gasteiger partial charge in [0, 0.05) is 10.6 Å². The van der Waals surface area contributed by atoms with Gasteiger partial charge in [-0.15, -0.1) is 0 Å². The normalized spacial score (nSPS) is 21.8. The van der Waals surface area contributed by atoms with E-state index in [2.05, 4.69) is 0 Å². The second-order valence-electron chi connectivity index (χ2n) is 4.51. The summed E-state index contributed by atoms with van der Waals surface area (Å²) in [6, 6.07) is 1.44. The molecule has 22 heavy (non-hydrogen) atoms. The zero-order valence-corrected chi connectivity index (χ0v) is 10.8. The molecule has 0 radical (unpaired) electrons. The van der Waals surface area contributed by atoms with Crippen LogP contribution in [0.25, 0.3) is 0 Å². The zero-order chi connectivity index (χ0) is 17.1. The van der Waals surface area contributed by atoms with Gasteiger partial charge in [-0.25, -0.2) is 4.39 Å². The van der Waals surface area contributed by atoms with Crippen LogP contribution in [0.4, 0.5) is 39.5 Å². The Morgan fingerprint density at radius 2 is 1.55 bits per heavy atom. The van der Waals surface area contributed by atoms with Gasteiger partial charge in [0.2, 0.25) is 0 Å². The fourth-order valence-corrected chi connectivity index (χ4v) is 2.42. The quantitative estimate of drug-likeness (QED) is 0.511. The Kier molecular flexibility index (Phi) is 3.71. The lowest BCUT2D eigenvalue weighted by Gasteiger charge is -2.34. The summed E-state index contributed by atoms with van der Waals surface area (Å²) in [6.45, 7) is 0. The molecule has 0 spiro atoms. The van der Waals surface area contributed by atoms with Crippen LogP contribution >= 0.6 is 11.6 Å². The minimum atomic E-state index is -5.91. The molecule has 0 aliphatic heterocycles. The van der Waals surface area contributed by atoms with E-state index in [1.165, 1.54) is 0 Å². The molecule has 0 heterocycles. The molecular weight excluding hydrogens is 351 g/mol. The molecule has 0 saturated heterocycles. The van der Waals surface area contributed by atoms with Crippen molar-refractivity contribution in [3.05, 3.63) is 45.7 Å². The lowest BCUT2D eigenvalue weighted by atomic mass is 9.78. The van der Waals surface area contributed by atoms with E-state index in [9.17, 15) is 39.5 Å². The molecule has 1 atom stereocenters. The van der Waals surface area contributed by atoms with E-state index in [0.29, 0.717) is 12.1 Å². The molecule has 0 aromatic heterocycles. The van der Waals surface area contributed by atoms with Gasteiger partial charge in [0.15, 0.2) is 5.83 Å². The molecule has 10 heteroatoms. The average molecular weight is 355 g/mol. The van der Waals surface area contributed by atoms with Crippen molar-refractivity contribution < 1.29 is 39.5 Å². The van der Waals surface area contributed by atoms with Gasteiger partial charge in [0.25, 0.3) is 0 Å². The van der Waals surface area contributed by atoms with Gasteiger partial charge in [-0.2, -0.15) is 35.1 Å². The van der Waals surface area contributed by atoms with Gasteiger partial charge >= 0.3 is 18.3 Å². The largest absolute Gasteiger partial charge is 0.416 e. The van der Waals surface area contributed by atoms with Crippen LogP contribution in [0.3, 0.4) is 0 Å². The molecule has 0 N–H and O–H groups in total. The number of hydrogen-bond acceptors (Lipinski definition) is 0. The van der Waals surface area contributed by atoms with Gasteiger partial charge in [-0.05, 0) is 17.7 Å². The predicted octanol–water partition coefficient (Wildman–Crippen LogP) is 5.88. The van der Waals surface area contributed by atoms with Gasteiger partial charge in [-0.3, -0.25) is 0 Å². The van der Waals surface area contributed by atoms with E-state index >= 15 is 0 Å². The Morgan fingerprint density at radius 1 is 1.00 bits per heavy atom. The molecule has 0 amide bonds. The molecule has 0 saturated carbocycles. The molecule has 0 bridgehead atoms. The van der Waals surface area contributed by atoms with Gasteiger partial charge in [0.1, 0.15) is 5.92 Å². The number of rotatable bonds is 0. The van der Waals surface area contributed by atoms with E-state index < -0.39 is 51.7 Å². The fourth-order valence-electron chi connectivity index (χ4n) is 2.25. The van der Waals surface area contributed by atoms with Crippen molar-refractivity contribution in [1.29, 1.82) is 0 Å². The van der Waals surface area contributed by atoms with Crippen LogP contribution in [0.5, 0.6) is 0 Å². The predicted molar refractivity (Wildman–Crippen MR) is 58.3 cm³/mol. The van der Waals surface area contributed by atoms with E-state index in [-0.39, 0.29) is 0 Å². The summed E-state index contributed by atoms with van der Waals surface area (Å²) in [5.74, 6) is -11.6. The summed E-state index contributed by atoms with van der Waals surface area (Å²) < 4.78 is 118. The summed E-state index contributed by atoms with van der Waals surface area (Å²) in [5.41, 5.74) is -5.86. The first-order valence-electron chi connectivity index (χ1n) is 5.49. The van der Waals surface area contributed by atoms with Crippen molar-refractivity contribution >= 4 is 11.6 Å². The van der Waals surface area contributed by atoms with Crippen LogP contribution in [0.2, 0.25) is 5.02 Å². The average Bonchev–Trinajstić information content (AvgIpc) is 2.31. The maximum atomic E-state index is 13.8. The monoisotopic (exact) mass is 354 g/mol. The van der Waals surface area contributed by atoms with Gasteiger partial charge < -0.3 is 0 Å². The second kappa shape index (κ2) is 4.81. The number of fused-ring (bicyclic) bond motifs is 1. The molecule has 0 nitrogen and oxygen atoms in total. The van der Waals surface area contributed by atoms with Crippen molar-refractivity contribution in [2.45, 2.75) is 24.2 Å².